The van der Waals surface area contributed by atoms with E-state index in [1.807, 2.05) is 35.2 Å². The van der Waals surface area contributed by atoms with Crippen molar-refractivity contribution in [3.05, 3.63) is 35.9 Å². The zero-order valence-corrected chi connectivity index (χ0v) is 11.7. The van der Waals surface area contributed by atoms with E-state index >= 15 is 0 Å². The smallest absolute Gasteiger partial charge is 0.410 e. The standard InChI is InChI=1S/C16H22N2O2/c17-15-8-4-7-13-9-18(10-14(13)15)16(19)20-11-12-5-2-1-3-6-12/h1-3,5-6,13-15H,4,7-11,17H2. The summed E-state index contributed by atoms with van der Waals surface area (Å²) in [5.74, 6) is 1.04. The van der Waals surface area contributed by atoms with Gasteiger partial charge in [-0.3, -0.25) is 0 Å². The summed E-state index contributed by atoms with van der Waals surface area (Å²) >= 11 is 0. The van der Waals surface area contributed by atoms with E-state index in [0.717, 1.165) is 25.1 Å². The molecule has 3 unspecified atom stereocenters. The van der Waals surface area contributed by atoms with Crippen LogP contribution in [0.4, 0.5) is 4.79 Å². The molecule has 4 heteroatoms. The van der Waals surface area contributed by atoms with Gasteiger partial charge in [0.05, 0.1) is 0 Å². The van der Waals surface area contributed by atoms with E-state index in [4.69, 9.17) is 10.5 Å². The lowest BCUT2D eigenvalue weighted by atomic mass is 9.78. The molecule has 1 aliphatic heterocycles. The van der Waals surface area contributed by atoms with E-state index in [1.165, 1.54) is 12.8 Å². The number of carbonyl (C=O) groups excluding carboxylic acids is 1. The van der Waals surface area contributed by atoms with E-state index < -0.39 is 0 Å². The Balaban J connectivity index is 1.53. The number of nitrogens with zero attached hydrogens (tertiary/aromatic N) is 1. The average Bonchev–Trinajstić information content (AvgIpc) is 2.91. The quantitative estimate of drug-likeness (QED) is 0.901. The Kier molecular flexibility index (Phi) is 3.92. The van der Waals surface area contributed by atoms with Crippen LogP contribution >= 0.6 is 0 Å². The van der Waals surface area contributed by atoms with Gasteiger partial charge in [0.2, 0.25) is 0 Å². The lowest BCUT2D eigenvalue weighted by molar-refractivity contribution is 0.102. The maximum atomic E-state index is 12.1. The zero-order valence-electron chi connectivity index (χ0n) is 11.7. The van der Waals surface area contributed by atoms with Gasteiger partial charge in [-0.25, -0.2) is 4.79 Å². The van der Waals surface area contributed by atoms with Crippen LogP contribution in [0, 0.1) is 11.8 Å². The summed E-state index contributed by atoms with van der Waals surface area (Å²) in [6.07, 6.45) is 3.28. The number of rotatable bonds is 2. The van der Waals surface area contributed by atoms with Gasteiger partial charge in [0.25, 0.3) is 0 Å². The number of benzene rings is 1. The number of amides is 1. The Morgan fingerprint density at radius 1 is 1.25 bits per heavy atom. The van der Waals surface area contributed by atoms with E-state index in [0.29, 0.717) is 18.4 Å². The average molecular weight is 274 g/mol. The molecule has 2 aliphatic rings. The third kappa shape index (κ3) is 2.80. The monoisotopic (exact) mass is 274 g/mol. The zero-order chi connectivity index (χ0) is 13.9. The van der Waals surface area contributed by atoms with Crippen molar-refractivity contribution in [1.82, 2.24) is 4.90 Å². The molecule has 1 heterocycles. The van der Waals surface area contributed by atoms with Gasteiger partial charge in [-0.1, -0.05) is 36.8 Å². The molecular weight excluding hydrogens is 252 g/mol. The molecule has 2 N–H and O–H groups in total. The summed E-state index contributed by atoms with van der Waals surface area (Å²) in [6.45, 7) is 1.92. The predicted molar refractivity (Wildman–Crippen MR) is 77.0 cm³/mol. The van der Waals surface area contributed by atoms with Gasteiger partial charge in [-0.05, 0) is 30.2 Å². The van der Waals surface area contributed by atoms with Gasteiger partial charge >= 0.3 is 6.09 Å². The van der Waals surface area contributed by atoms with Crippen LogP contribution in [0.2, 0.25) is 0 Å². The Morgan fingerprint density at radius 2 is 2.05 bits per heavy atom. The van der Waals surface area contributed by atoms with Gasteiger partial charge in [-0.2, -0.15) is 0 Å². The third-order valence-electron chi connectivity index (χ3n) is 4.62. The van der Waals surface area contributed by atoms with Crippen LogP contribution < -0.4 is 5.73 Å². The molecule has 1 aromatic carbocycles. The van der Waals surface area contributed by atoms with Crippen LogP contribution in [-0.4, -0.2) is 30.1 Å². The highest BCUT2D eigenvalue weighted by atomic mass is 16.6. The SMILES string of the molecule is NC1CCCC2CN(C(=O)OCc3ccccc3)CC12. The minimum atomic E-state index is -0.199. The van der Waals surface area contributed by atoms with Gasteiger partial charge in [0.1, 0.15) is 6.61 Å². The van der Waals surface area contributed by atoms with Crippen LogP contribution in [-0.2, 0) is 11.3 Å². The molecule has 20 heavy (non-hydrogen) atoms. The van der Waals surface area contributed by atoms with Crippen molar-refractivity contribution in [2.45, 2.75) is 31.9 Å². The summed E-state index contributed by atoms with van der Waals surface area (Å²) in [5.41, 5.74) is 7.19. The highest BCUT2D eigenvalue weighted by molar-refractivity contribution is 5.68. The van der Waals surface area contributed by atoms with Crippen LogP contribution in [0.5, 0.6) is 0 Å². The summed E-state index contributed by atoms with van der Waals surface area (Å²) in [5, 5.41) is 0. The van der Waals surface area contributed by atoms with Crippen molar-refractivity contribution in [3.8, 4) is 0 Å². The second kappa shape index (κ2) is 5.83. The highest BCUT2D eigenvalue weighted by Crippen LogP contribution is 2.35. The summed E-state index contributed by atoms with van der Waals surface area (Å²) in [6, 6.07) is 10.0. The minimum absolute atomic E-state index is 0.199. The number of hydrogen-bond acceptors (Lipinski definition) is 3. The summed E-state index contributed by atoms with van der Waals surface area (Å²) < 4.78 is 5.40. The molecule has 1 saturated carbocycles. The molecule has 0 aromatic heterocycles. The fourth-order valence-electron chi connectivity index (χ4n) is 3.48. The van der Waals surface area contributed by atoms with E-state index in [9.17, 15) is 4.79 Å². The molecule has 1 aromatic rings. The molecule has 2 fully saturated rings. The van der Waals surface area contributed by atoms with Crippen molar-refractivity contribution in [1.29, 1.82) is 0 Å². The van der Waals surface area contributed by atoms with Crippen molar-refractivity contribution in [2.24, 2.45) is 17.6 Å². The maximum Gasteiger partial charge on any atom is 0.410 e. The summed E-state index contributed by atoms with van der Waals surface area (Å²) in [4.78, 5) is 14.0. The molecule has 0 radical (unpaired) electrons. The molecule has 0 bridgehead atoms. The number of carbonyl (C=O) groups is 1. The minimum Gasteiger partial charge on any atom is -0.445 e. The number of ether oxygens (including phenoxy) is 1. The van der Waals surface area contributed by atoms with Crippen molar-refractivity contribution < 1.29 is 9.53 Å². The molecule has 3 rings (SSSR count). The van der Waals surface area contributed by atoms with E-state index in [-0.39, 0.29) is 12.1 Å². The molecule has 1 aliphatic carbocycles. The van der Waals surface area contributed by atoms with Gasteiger partial charge in [0, 0.05) is 19.1 Å². The first-order valence-electron chi connectivity index (χ1n) is 7.45. The Labute approximate surface area is 119 Å². The number of hydrogen-bond donors (Lipinski definition) is 1. The molecule has 4 nitrogen and oxygen atoms in total. The molecule has 3 atom stereocenters. The highest BCUT2D eigenvalue weighted by Gasteiger charge is 2.40. The third-order valence-corrected chi connectivity index (χ3v) is 4.62. The van der Waals surface area contributed by atoms with E-state index in [2.05, 4.69) is 0 Å². The Hall–Kier alpha value is -1.55. The largest absolute Gasteiger partial charge is 0.445 e. The Morgan fingerprint density at radius 3 is 2.80 bits per heavy atom. The molecule has 1 saturated heterocycles. The Bertz CT molecular complexity index is 463. The topological polar surface area (TPSA) is 55.6 Å². The van der Waals surface area contributed by atoms with Crippen LogP contribution in [0.25, 0.3) is 0 Å². The summed E-state index contributed by atoms with van der Waals surface area (Å²) in [7, 11) is 0. The van der Waals surface area contributed by atoms with Crippen molar-refractivity contribution in [2.75, 3.05) is 13.1 Å². The first-order valence-corrected chi connectivity index (χ1v) is 7.45. The first-order chi connectivity index (χ1) is 9.74. The van der Waals surface area contributed by atoms with Gasteiger partial charge in [0.15, 0.2) is 0 Å². The normalized spacial score (nSPS) is 29.1. The fraction of sp³-hybridized carbons (Fsp3) is 0.562. The molecule has 0 spiro atoms. The van der Waals surface area contributed by atoms with E-state index in [1.54, 1.807) is 0 Å². The fourth-order valence-corrected chi connectivity index (χ4v) is 3.48. The van der Waals surface area contributed by atoms with Crippen LogP contribution in [0.15, 0.2) is 30.3 Å². The number of nitrogens with two attached hydrogens (primary N) is 1. The lowest BCUT2D eigenvalue weighted by Crippen LogP contribution is -2.38. The second-order valence-corrected chi connectivity index (χ2v) is 5.96. The van der Waals surface area contributed by atoms with Crippen molar-refractivity contribution >= 4 is 6.09 Å². The van der Waals surface area contributed by atoms with Gasteiger partial charge in [-0.15, -0.1) is 0 Å². The van der Waals surface area contributed by atoms with Crippen LogP contribution in [0.3, 0.4) is 0 Å². The molecule has 108 valence electrons. The van der Waals surface area contributed by atoms with Crippen molar-refractivity contribution in [3.63, 3.8) is 0 Å². The second-order valence-electron chi connectivity index (χ2n) is 5.96. The lowest BCUT2D eigenvalue weighted by Gasteiger charge is -2.29. The maximum absolute atomic E-state index is 12.1. The number of likely N-dealkylation sites (tertiary alicyclic amines) is 1. The predicted octanol–water partition coefficient (Wildman–Crippen LogP) is 2.38. The van der Waals surface area contributed by atoms with Crippen LogP contribution in [0.1, 0.15) is 24.8 Å². The first kappa shape index (κ1) is 13.4. The number of fused-ring (bicyclic) bond motifs is 1. The molecule has 1 amide bonds. The molecular formula is C16H22N2O2. The van der Waals surface area contributed by atoms with Gasteiger partial charge < -0.3 is 15.4 Å².